The fourth-order valence-electron chi connectivity index (χ4n) is 2.22. The van der Waals surface area contributed by atoms with Crippen molar-refractivity contribution >= 4 is 66.2 Å². The molecule has 0 aliphatic rings. The van der Waals surface area contributed by atoms with Crippen LogP contribution in [0.2, 0.25) is 0 Å². The van der Waals surface area contributed by atoms with Crippen LogP contribution in [-0.2, 0) is 48.6 Å². The summed E-state index contributed by atoms with van der Waals surface area (Å²) < 4.78 is 56.4. The van der Waals surface area contributed by atoms with Gasteiger partial charge < -0.3 is 0 Å². The second kappa shape index (κ2) is 43.5. The number of rotatable bonds is 13. The fourth-order valence-corrected chi connectivity index (χ4v) is 3.85. The fraction of sp³-hybridized carbons (Fsp3) is 0.696. The van der Waals surface area contributed by atoms with Crippen molar-refractivity contribution in [1.82, 2.24) is 4.72 Å². The number of carbonyl (C=O) groups is 6. The molecule has 0 aliphatic heterocycles. The zero-order chi connectivity index (χ0) is 60.6. The molecule has 0 aromatic heterocycles. The molecule has 0 heterocycles. The number of Topliss-reactive ketones (excluding diaryl/α,β-unsaturated/α-hetero) is 5. The summed E-state index contributed by atoms with van der Waals surface area (Å²) in [5, 5.41) is 9.57. The highest BCUT2D eigenvalue weighted by Crippen LogP contribution is 2.17. The van der Waals surface area contributed by atoms with Gasteiger partial charge in [-0.2, -0.15) is 5.26 Å². The lowest BCUT2D eigenvalue weighted by Crippen LogP contribution is -2.39. The molecule has 0 spiro atoms. The number of terminal acetylenes is 1. The number of sulfone groups is 1. The number of ketones is 6. The van der Waals surface area contributed by atoms with Crippen molar-refractivity contribution in [3.63, 3.8) is 0 Å². The van der Waals surface area contributed by atoms with Crippen molar-refractivity contribution in [2.45, 2.75) is 204 Å². The highest BCUT2D eigenvalue weighted by atomic mass is 35.5. The van der Waals surface area contributed by atoms with E-state index < -0.39 is 32.1 Å². The number of allylic oxidation sites excluding steroid dienone is 3. The van der Waals surface area contributed by atoms with Gasteiger partial charge in [-0.15, -0.1) is 30.5 Å². The van der Waals surface area contributed by atoms with E-state index in [9.17, 15) is 50.0 Å². The first-order chi connectivity index (χ1) is 31.6. The predicted octanol–water partition coefficient (Wildman–Crippen LogP) is 13.6. The van der Waals surface area contributed by atoms with Crippen molar-refractivity contribution in [1.29, 1.82) is 5.26 Å². The molecule has 1 N–H and O–H groups in total. The first-order valence-corrected chi connectivity index (χ1v) is 27.2. The number of nitrogens with one attached hydrogen (secondary N) is 1. The van der Waals surface area contributed by atoms with E-state index in [1.807, 2.05) is 96.1 Å². The second-order valence-electron chi connectivity index (χ2n) is 22.7. The van der Waals surface area contributed by atoms with Crippen molar-refractivity contribution < 1.29 is 50.0 Å². The molecule has 0 aliphatic carbocycles. The Morgan fingerprint density at radius 1 is 0.667 bits per heavy atom. The largest absolute Gasteiger partial charge is 0.300 e. The molecule has 0 aromatic rings. The van der Waals surface area contributed by atoms with Crippen molar-refractivity contribution in [2.75, 3.05) is 12.6 Å². The van der Waals surface area contributed by atoms with Gasteiger partial charge in [0.05, 0.1) is 30.0 Å². The van der Waals surface area contributed by atoms with Gasteiger partial charge in [-0.25, -0.2) is 25.9 Å². The van der Waals surface area contributed by atoms with Crippen LogP contribution < -0.4 is 4.72 Å². The molecule has 16 heteroatoms. The van der Waals surface area contributed by atoms with Crippen molar-refractivity contribution in [3.05, 3.63) is 48.3 Å². The van der Waals surface area contributed by atoms with E-state index in [1.165, 1.54) is 6.92 Å². The van der Waals surface area contributed by atoms with Gasteiger partial charge in [0.2, 0.25) is 10.0 Å². The Morgan fingerprint density at radius 3 is 1.07 bits per heavy atom. The number of nitriles is 1. The molecule has 0 amide bonds. The van der Waals surface area contributed by atoms with Crippen LogP contribution in [0.15, 0.2) is 48.3 Å². The lowest BCUT2D eigenvalue weighted by Gasteiger charge is -2.18. The van der Waals surface area contributed by atoms with Gasteiger partial charge in [-0.3, -0.25) is 28.8 Å². The zero-order valence-corrected chi connectivity index (χ0v) is 52.1. The first-order valence-electron chi connectivity index (χ1n) is 23.5. The number of carbonyl (C=O) groups excluding carboxylic acids is 6. The molecular weight excluding hydrogens is 979 g/mol. The van der Waals surface area contributed by atoms with E-state index in [0.29, 0.717) is 5.41 Å². The van der Waals surface area contributed by atoms with Gasteiger partial charge in [-0.05, 0) is 87.7 Å². The maximum absolute atomic E-state index is 11.3. The number of sulfonamides is 1. The molecule has 72 heavy (non-hydrogen) atoms. The minimum absolute atomic E-state index is 0.00894. The Kier molecular flexibility index (Phi) is 53.0. The predicted molar refractivity (Wildman–Crippen MR) is 304 cm³/mol. The number of halogens is 2. The van der Waals surface area contributed by atoms with Crippen LogP contribution in [0.1, 0.15) is 193 Å². The molecule has 0 saturated carbocycles. The van der Waals surface area contributed by atoms with Gasteiger partial charge in [0.1, 0.15) is 29.8 Å². The van der Waals surface area contributed by atoms with Gasteiger partial charge in [0, 0.05) is 50.4 Å². The van der Waals surface area contributed by atoms with E-state index in [1.54, 1.807) is 74.5 Å². The summed E-state index contributed by atoms with van der Waals surface area (Å²) in [6, 6.07) is 1.80. The van der Waals surface area contributed by atoms with Crippen molar-refractivity contribution in [3.8, 4) is 18.4 Å². The molecular formula is C56H102ClFN2O10S2. The van der Waals surface area contributed by atoms with Crippen molar-refractivity contribution in [2.24, 2.45) is 39.4 Å². The summed E-state index contributed by atoms with van der Waals surface area (Å²) in [7, 11) is -6.24. The number of alkyl halides is 2. The van der Waals surface area contributed by atoms with Crippen LogP contribution in [0.5, 0.6) is 0 Å². The third-order valence-corrected chi connectivity index (χ3v) is 10.8. The number of hydrogen-bond acceptors (Lipinski definition) is 11. The van der Waals surface area contributed by atoms with Crippen LogP contribution in [0.4, 0.5) is 4.39 Å². The zero-order valence-electron chi connectivity index (χ0n) is 49.7. The molecule has 0 aromatic carbocycles. The number of hydrogen-bond donors (Lipinski definition) is 1. The Morgan fingerprint density at radius 2 is 1.01 bits per heavy atom. The average Bonchev–Trinajstić information content (AvgIpc) is 3.19. The normalized spacial score (nSPS) is 10.9. The van der Waals surface area contributed by atoms with E-state index in [4.69, 9.17) is 23.3 Å². The summed E-state index contributed by atoms with van der Waals surface area (Å²) in [4.78, 5) is 63.8. The molecule has 0 fully saturated rings. The van der Waals surface area contributed by atoms with Crippen LogP contribution in [0, 0.1) is 63.1 Å². The number of nitrogens with zero attached hydrogens (tertiary/aromatic N) is 1. The lowest BCUT2D eigenvalue weighted by atomic mass is 9.88. The summed E-state index contributed by atoms with van der Waals surface area (Å²) >= 11 is 5.20. The monoisotopic (exact) mass is 1080 g/mol. The van der Waals surface area contributed by atoms with Gasteiger partial charge in [-0.1, -0.05) is 129 Å². The third kappa shape index (κ3) is 80.2. The van der Waals surface area contributed by atoms with Gasteiger partial charge >= 0.3 is 0 Å². The molecule has 0 atom stereocenters. The summed E-state index contributed by atoms with van der Waals surface area (Å²) in [6.45, 7) is 57.3. The molecule has 0 bridgehead atoms. The topological polar surface area (TPSA) is 207 Å². The average molecular weight is 1080 g/mol. The standard InChI is InChI=1S/C9H16O.C8H14O2.C6H13NO2S.C6H9NO.C6H12.C6H10.C5H9ClO.C5H9FO.C5H10O2S/c1-7(2)6-8(10)9(3,4)5;1-6(9)5-7(10)8(2,3)4;1-5-10(8,9)7-6(2,3)4;1-5(2)6(8)3-4-7;2*1-5-6(2,3)4;2*1-4(2)5(7)3-6;1-4-8(6,7)5(2)3/h6H,1-5H3;5H2,1-4H3;5,7H,1H2,2-4H3;5H,3H2,1-2H3;5H,1H2,2-4H3;1H,2-4H3;2*4H,3H2,1-2H3;4-5H,1H2,2-3H3. The quantitative estimate of drug-likeness (QED) is 0.0603. The van der Waals surface area contributed by atoms with E-state index >= 15 is 0 Å². The minimum atomic E-state index is -3.26. The maximum Gasteiger partial charge on any atom is 0.233 e. The molecule has 0 rings (SSSR count). The minimum Gasteiger partial charge on any atom is -0.300 e. The summed E-state index contributed by atoms with van der Waals surface area (Å²) in [5.74, 6) is 2.68. The highest BCUT2D eigenvalue weighted by Gasteiger charge is 2.22. The summed E-state index contributed by atoms with van der Waals surface area (Å²) in [6.07, 6.45) is 8.81. The summed E-state index contributed by atoms with van der Waals surface area (Å²) in [5.41, 5.74) is 0.426. The Balaban J connectivity index is -0.0000000891. The molecule has 12 nitrogen and oxygen atoms in total. The third-order valence-electron chi connectivity index (χ3n) is 7.46. The second-order valence-corrected chi connectivity index (χ2v) is 27.0. The van der Waals surface area contributed by atoms with E-state index in [0.717, 1.165) is 16.4 Å². The molecule has 0 radical (unpaired) electrons. The highest BCUT2D eigenvalue weighted by molar-refractivity contribution is 7.94. The van der Waals surface area contributed by atoms with Gasteiger partial charge in [0.15, 0.2) is 21.4 Å². The molecule has 0 unspecified atom stereocenters. The Labute approximate surface area is 446 Å². The van der Waals surface area contributed by atoms with Gasteiger partial charge in [0.25, 0.3) is 0 Å². The van der Waals surface area contributed by atoms with Crippen LogP contribution in [0.3, 0.4) is 0 Å². The Hall–Kier alpha value is -3.89. The van der Waals surface area contributed by atoms with E-state index in [2.05, 4.69) is 51.2 Å². The Bertz CT molecular complexity index is 1930. The van der Waals surface area contributed by atoms with E-state index in [-0.39, 0.29) is 92.7 Å². The maximum atomic E-state index is 11.3. The first kappa shape index (κ1) is 87.8. The van der Waals surface area contributed by atoms with Crippen LogP contribution in [-0.4, -0.2) is 74.9 Å². The smallest absolute Gasteiger partial charge is 0.233 e. The molecule has 0 saturated heterocycles. The van der Waals surface area contributed by atoms with Crippen LogP contribution >= 0.6 is 11.6 Å². The van der Waals surface area contributed by atoms with Crippen LogP contribution in [0.25, 0.3) is 0 Å². The lowest BCUT2D eigenvalue weighted by molar-refractivity contribution is -0.131. The molecule has 422 valence electrons. The SMILES string of the molecule is C#CC(C)(C)C.C=CC(C)(C)C.C=CS(=O)(=O)C(C)C.C=CS(=O)(=O)NC(C)(C)C.CC(=O)CC(=O)C(C)(C)C.CC(C)=CC(=O)C(C)(C)C.CC(C)C(=O)CC#N.CC(C)C(=O)CCl.CC(C)C(=O)CF.